The maximum Gasteiger partial charge on any atom is 0.227 e. The monoisotopic (exact) mass is 288 g/mol. The molecule has 0 spiro atoms. The zero-order valence-electron chi connectivity index (χ0n) is 12.9. The number of nitrogens with two attached hydrogens (primary N) is 1. The van der Waals surface area contributed by atoms with E-state index in [1.54, 1.807) is 0 Å². The maximum atomic E-state index is 12.2. The first-order valence-electron chi connectivity index (χ1n) is 7.47. The fourth-order valence-electron chi connectivity index (χ4n) is 2.52. The van der Waals surface area contributed by atoms with Crippen LogP contribution in [0.25, 0.3) is 0 Å². The summed E-state index contributed by atoms with van der Waals surface area (Å²) < 4.78 is 5.81. The van der Waals surface area contributed by atoms with Crippen molar-refractivity contribution in [2.75, 3.05) is 0 Å². The first kappa shape index (κ1) is 15.6. The molecule has 1 aromatic rings. The van der Waals surface area contributed by atoms with Crippen molar-refractivity contribution in [1.82, 2.24) is 5.32 Å². The van der Waals surface area contributed by atoms with Gasteiger partial charge in [-0.2, -0.15) is 0 Å². The lowest BCUT2D eigenvalue weighted by Gasteiger charge is -2.21. The van der Waals surface area contributed by atoms with Gasteiger partial charge in [-0.1, -0.05) is 30.4 Å². The van der Waals surface area contributed by atoms with Gasteiger partial charge in [0, 0.05) is 11.6 Å². The Morgan fingerprint density at radius 2 is 2.00 bits per heavy atom. The minimum atomic E-state index is -0.124. The quantitative estimate of drug-likeness (QED) is 0.818. The normalized spacial score (nSPS) is 22.3. The van der Waals surface area contributed by atoms with Gasteiger partial charge in [-0.15, -0.1) is 0 Å². The minimum Gasteiger partial charge on any atom is -0.491 e. The number of rotatable bonds is 5. The van der Waals surface area contributed by atoms with E-state index in [0.717, 1.165) is 11.3 Å². The highest BCUT2D eigenvalue weighted by Crippen LogP contribution is 2.26. The van der Waals surface area contributed by atoms with Crippen LogP contribution in [0.3, 0.4) is 0 Å². The third-order valence-electron chi connectivity index (χ3n) is 3.56. The standard InChI is InChI=1S/C17H24N2O2/c1-11(2)21-16-7-5-4-6-15(16)12(3)19-17(20)13-8-9-14(18)10-13/h4-9,11-14H,10,18H2,1-3H3,(H,19,20). The molecule has 1 amide bonds. The molecule has 0 aliphatic heterocycles. The number of nitrogens with one attached hydrogen (secondary N) is 1. The van der Waals surface area contributed by atoms with Gasteiger partial charge in [0.1, 0.15) is 5.75 Å². The minimum absolute atomic E-state index is 0.00684. The van der Waals surface area contributed by atoms with Crippen LogP contribution < -0.4 is 15.8 Å². The van der Waals surface area contributed by atoms with Crippen LogP contribution in [0, 0.1) is 5.92 Å². The number of hydrogen-bond donors (Lipinski definition) is 2. The van der Waals surface area contributed by atoms with Gasteiger partial charge in [0.25, 0.3) is 0 Å². The molecule has 3 N–H and O–H groups in total. The average Bonchev–Trinajstić information content (AvgIpc) is 2.85. The Labute approximate surface area is 126 Å². The molecule has 3 unspecified atom stereocenters. The average molecular weight is 288 g/mol. The molecule has 1 aliphatic carbocycles. The first-order valence-corrected chi connectivity index (χ1v) is 7.47. The van der Waals surface area contributed by atoms with Crippen LogP contribution >= 0.6 is 0 Å². The van der Waals surface area contributed by atoms with Crippen LogP contribution in [0.2, 0.25) is 0 Å². The lowest BCUT2D eigenvalue weighted by atomic mass is 10.0. The van der Waals surface area contributed by atoms with Gasteiger partial charge in [-0.25, -0.2) is 0 Å². The molecule has 4 heteroatoms. The highest BCUT2D eigenvalue weighted by atomic mass is 16.5. The molecule has 4 nitrogen and oxygen atoms in total. The number of ether oxygens (including phenoxy) is 1. The SMILES string of the molecule is CC(C)Oc1ccccc1C(C)NC(=O)C1C=CC(N)C1. The molecule has 1 aliphatic rings. The molecule has 0 heterocycles. The highest BCUT2D eigenvalue weighted by Gasteiger charge is 2.24. The smallest absolute Gasteiger partial charge is 0.227 e. The van der Waals surface area contributed by atoms with E-state index >= 15 is 0 Å². The molecule has 1 aromatic carbocycles. The summed E-state index contributed by atoms with van der Waals surface area (Å²) in [4.78, 5) is 12.2. The zero-order chi connectivity index (χ0) is 15.4. The van der Waals surface area contributed by atoms with E-state index < -0.39 is 0 Å². The predicted octanol–water partition coefficient (Wildman–Crippen LogP) is 2.55. The molecule has 21 heavy (non-hydrogen) atoms. The van der Waals surface area contributed by atoms with Crippen LogP contribution in [-0.2, 0) is 4.79 Å². The second kappa shape index (κ2) is 6.76. The number of amides is 1. The third kappa shape index (κ3) is 4.08. The Kier molecular flexibility index (Phi) is 5.02. The fraction of sp³-hybridized carbons (Fsp3) is 0.471. The summed E-state index contributed by atoms with van der Waals surface area (Å²) in [5.74, 6) is 0.714. The van der Waals surface area contributed by atoms with E-state index in [4.69, 9.17) is 10.5 Å². The van der Waals surface area contributed by atoms with Crippen LogP contribution in [0.15, 0.2) is 36.4 Å². The van der Waals surface area contributed by atoms with Gasteiger partial charge in [0.15, 0.2) is 0 Å². The molecule has 0 radical (unpaired) electrons. The summed E-state index contributed by atoms with van der Waals surface area (Å²) in [5, 5.41) is 3.05. The van der Waals surface area contributed by atoms with Gasteiger partial charge in [-0.05, 0) is 33.3 Å². The van der Waals surface area contributed by atoms with E-state index in [0.29, 0.717) is 6.42 Å². The van der Waals surface area contributed by atoms with E-state index in [-0.39, 0.29) is 30.0 Å². The van der Waals surface area contributed by atoms with Crippen molar-refractivity contribution >= 4 is 5.91 Å². The second-order valence-electron chi connectivity index (χ2n) is 5.83. The number of carbonyl (C=O) groups is 1. The summed E-state index contributed by atoms with van der Waals surface area (Å²) in [6.45, 7) is 5.95. The maximum absolute atomic E-state index is 12.2. The number of carbonyl (C=O) groups excluding carboxylic acids is 1. The van der Waals surface area contributed by atoms with Crippen LogP contribution in [0.5, 0.6) is 5.75 Å². The fourth-order valence-corrected chi connectivity index (χ4v) is 2.52. The number of para-hydroxylation sites is 1. The van der Waals surface area contributed by atoms with Crippen molar-refractivity contribution in [3.63, 3.8) is 0 Å². The van der Waals surface area contributed by atoms with E-state index in [9.17, 15) is 4.79 Å². The number of benzene rings is 1. The number of hydrogen-bond acceptors (Lipinski definition) is 3. The van der Waals surface area contributed by atoms with E-state index in [2.05, 4.69) is 5.32 Å². The predicted molar refractivity (Wildman–Crippen MR) is 84.0 cm³/mol. The molecule has 0 aromatic heterocycles. The van der Waals surface area contributed by atoms with Crippen molar-refractivity contribution in [2.45, 2.75) is 45.4 Å². The van der Waals surface area contributed by atoms with Crippen molar-refractivity contribution in [1.29, 1.82) is 0 Å². The highest BCUT2D eigenvalue weighted by molar-refractivity contribution is 5.81. The van der Waals surface area contributed by atoms with E-state index in [1.165, 1.54) is 0 Å². The summed E-state index contributed by atoms with van der Waals surface area (Å²) in [6.07, 6.45) is 4.57. The van der Waals surface area contributed by atoms with Crippen molar-refractivity contribution in [3.05, 3.63) is 42.0 Å². The molecule has 3 atom stereocenters. The molecule has 114 valence electrons. The van der Waals surface area contributed by atoms with Crippen molar-refractivity contribution in [3.8, 4) is 5.75 Å². The van der Waals surface area contributed by atoms with Gasteiger partial charge in [0.2, 0.25) is 5.91 Å². The van der Waals surface area contributed by atoms with Crippen LogP contribution in [-0.4, -0.2) is 18.1 Å². The summed E-state index contributed by atoms with van der Waals surface area (Å²) in [5.41, 5.74) is 6.79. The molecular weight excluding hydrogens is 264 g/mol. The van der Waals surface area contributed by atoms with Gasteiger partial charge in [0.05, 0.1) is 18.1 Å². The van der Waals surface area contributed by atoms with Gasteiger partial charge in [-0.3, -0.25) is 4.79 Å². The van der Waals surface area contributed by atoms with Crippen LogP contribution in [0.1, 0.15) is 38.8 Å². The molecule has 0 bridgehead atoms. The molecule has 2 rings (SSSR count). The lowest BCUT2D eigenvalue weighted by Crippen LogP contribution is -2.33. The zero-order valence-corrected chi connectivity index (χ0v) is 12.9. The largest absolute Gasteiger partial charge is 0.491 e. The Hall–Kier alpha value is -1.81. The Morgan fingerprint density at radius 1 is 1.29 bits per heavy atom. The first-order chi connectivity index (χ1) is 9.97. The topological polar surface area (TPSA) is 64.3 Å². The summed E-state index contributed by atoms with van der Waals surface area (Å²) in [6, 6.07) is 7.71. The molecule has 0 saturated heterocycles. The third-order valence-corrected chi connectivity index (χ3v) is 3.56. The van der Waals surface area contributed by atoms with Crippen LogP contribution in [0.4, 0.5) is 0 Å². The summed E-state index contributed by atoms with van der Waals surface area (Å²) in [7, 11) is 0. The molecular formula is C17H24N2O2. The lowest BCUT2D eigenvalue weighted by molar-refractivity contribution is -0.124. The van der Waals surface area contributed by atoms with Crippen molar-refractivity contribution < 1.29 is 9.53 Å². The van der Waals surface area contributed by atoms with Gasteiger partial charge < -0.3 is 15.8 Å². The molecule has 0 saturated carbocycles. The van der Waals surface area contributed by atoms with Crippen molar-refractivity contribution in [2.24, 2.45) is 11.7 Å². The second-order valence-corrected chi connectivity index (χ2v) is 5.83. The van der Waals surface area contributed by atoms with E-state index in [1.807, 2.05) is 57.2 Å². The molecule has 0 fully saturated rings. The Bertz CT molecular complexity index is 525. The van der Waals surface area contributed by atoms with Gasteiger partial charge >= 0.3 is 0 Å². The Balaban J connectivity index is 2.04. The Morgan fingerprint density at radius 3 is 2.62 bits per heavy atom. The summed E-state index contributed by atoms with van der Waals surface area (Å²) >= 11 is 0.